The van der Waals surface area contributed by atoms with Gasteiger partial charge in [-0.05, 0) is 35.7 Å². The summed E-state index contributed by atoms with van der Waals surface area (Å²) in [5.74, 6) is 0.0724. The Balaban J connectivity index is 1.80. The molecule has 4 nitrogen and oxygen atoms in total. The summed E-state index contributed by atoms with van der Waals surface area (Å²) in [6, 6.07) is 15.0. The van der Waals surface area contributed by atoms with Crippen LogP contribution in [0.25, 0.3) is 0 Å². The number of para-hydroxylation sites is 1. The second-order valence-corrected chi connectivity index (χ2v) is 7.41. The van der Waals surface area contributed by atoms with Crippen LogP contribution in [0.4, 0.5) is 11.4 Å². The number of carbonyl (C=O) groups is 2. The molecule has 1 saturated heterocycles. The lowest BCUT2D eigenvalue weighted by atomic mass is 10.0. The molecule has 1 aliphatic rings. The smallest absolute Gasteiger partial charge is 0.247 e. The summed E-state index contributed by atoms with van der Waals surface area (Å²) in [6.45, 7) is 4.22. The van der Waals surface area contributed by atoms with Gasteiger partial charge in [-0.1, -0.05) is 38.1 Å². The Bertz CT molecular complexity index is 771. The van der Waals surface area contributed by atoms with Crippen molar-refractivity contribution in [2.24, 2.45) is 0 Å². The summed E-state index contributed by atoms with van der Waals surface area (Å²) < 4.78 is 0. The van der Waals surface area contributed by atoms with Gasteiger partial charge in [0.2, 0.25) is 11.8 Å². The van der Waals surface area contributed by atoms with Gasteiger partial charge in [-0.25, -0.2) is 4.90 Å². The van der Waals surface area contributed by atoms with E-state index in [0.29, 0.717) is 17.3 Å². The van der Waals surface area contributed by atoms with Crippen molar-refractivity contribution in [3.63, 3.8) is 0 Å². The zero-order valence-corrected chi connectivity index (χ0v) is 14.5. The summed E-state index contributed by atoms with van der Waals surface area (Å²) in [5.41, 5.74) is 8.38. The number of rotatable bonds is 4. The van der Waals surface area contributed by atoms with Crippen LogP contribution in [0.5, 0.6) is 0 Å². The fourth-order valence-electron chi connectivity index (χ4n) is 2.72. The van der Waals surface area contributed by atoms with Crippen molar-refractivity contribution in [1.29, 1.82) is 0 Å². The molecule has 2 N–H and O–H groups in total. The number of anilines is 2. The number of nitrogens with two attached hydrogens (primary N) is 1. The quantitative estimate of drug-likeness (QED) is 0.679. The van der Waals surface area contributed by atoms with Crippen LogP contribution in [0.2, 0.25) is 0 Å². The Morgan fingerprint density at radius 1 is 1.08 bits per heavy atom. The van der Waals surface area contributed by atoms with Gasteiger partial charge in [0.05, 0.1) is 10.9 Å². The Labute approximate surface area is 146 Å². The minimum atomic E-state index is -0.424. The first-order valence-electron chi connectivity index (χ1n) is 7.95. The molecule has 1 heterocycles. The number of hydrogen-bond donors (Lipinski definition) is 1. The van der Waals surface area contributed by atoms with Crippen LogP contribution in [-0.4, -0.2) is 17.1 Å². The number of imide groups is 1. The van der Waals surface area contributed by atoms with Gasteiger partial charge in [0.15, 0.2) is 0 Å². The highest BCUT2D eigenvalue weighted by molar-refractivity contribution is 8.00. The van der Waals surface area contributed by atoms with Crippen LogP contribution >= 0.6 is 11.8 Å². The van der Waals surface area contributed by atoms with Crippen molar-refractivity contribution in [3.8, 4) is 0 Å². The fraction of sp³-hybridized carbons (Fsp3) is 0.263. The Hall–Kier alpha value is -2.27. The Morgan fingerprint density at radius 3 is 2.38 bits per heavy atom. The van der Waals surface area contributed by atoms with Crippen molar-refractivity contribution in [3.05, 3.63) is 54.1 Å². The van der Waals surface area contributed by atoms with E-state index in [2.05, 4.69) is 13.8 Å². The predicted octanol–water partition coefficient (Wildman–Crippen LogP) is 3.82. The molecule has 5 heteroatoms. The largest absolute Gasteiger partial charge is 0.398 e. The number of hydrogen-bond acceptors (Lipinski definition) is 4. The van der Waals surface area contributed by atoms with Crippen LogP contribution in [-0.2, 0) is 9.59 Å². The van der Waals surface area contributed by atoms with Crippen LogP contribution in [0, 0.1) is 0 Å². The van der Waals surface area contributed by atoms with Crippen molar-refractivity contribution in [2.75, 3.05) is 10.6 Å². The van der Waals surface area contributed by atoms with Gasteiger partial charge >= 0.3 is 0 Å². The van der Waals surface area contributed by atoms with Gasteiger partial charge in [-0.15, -0.1) is 11.8 Å². The Morgan fingerprint density at radius 2 is 1.75 bits per heavy atom. The monoisotopic (exact) mass is 340 g/mol. The summed E-state index contributed by atoms with van der Waals surface area (Å²) in [6.07, 6.45) is 0.198. The van der Waals surface area contributed by atoms with E-state index in [0.717, 1.165) is 4.90 Å². The molecule has 0 saturated carbocycles. The van der Waals surface area contributed by atoms with Gasteiger partial charge in [-0.2, -0.15) is 0 Å². The molecule has 2 amide bonds. The molecule has 2 aromatic carbocycles. The van der Waals surface area contributed by atoms with Gasteiger partial charge in [0.1, 0.15) is 0 Å². The van der Waals surface area contributed by atoms with E-state index in [9.17, 15) is 9.59 Å². The highest BCUT2D eigenvalue weighted by Gasteiger charge is 2.40. The maximum Gasteiger partial charge on any atom is 0.247 e. The molecule has 124 valence electrons. The third kappa shape index (κ3) is 3.17. The van der Waals surface area contributed by atoms with Crippen LogP contribution in [0.3, 0.4) is 0 Å². The fourth-order valence-corrected chi connectivity index (χ4v) is 3.82. The van der Waals surface area contributed by atoms with Gasteiger partial charge in [0, 0.05) is 17.0 Å². The molecular formula is C19H20N2O2S. The molecule has 0 aliphatic carbocycles. The van der Waals surface area contributed by atoms with E-state index in [-0.39, 0.29) is 18.2 Å². The molecule has 1 fully saturated rings. The molecule has 1 aliphatic heterocycles. The molecule has 24 heavy (non-hydrogen) atoms. The molecule has 1 atom stereocenters. The van der Waals surface area contributed by atoms with Crippen LogP contribution in [0.15, 0.2) is 53.4 Å². The third-order valence-electron chi connectivity index (χ3n) is 4.11. The number of thioether (sulfide) groups is 1. The predicted molar refractivity (Wildman–Crippen MR) is 98.1 cm³/mol. The minimum Gasteiger partial charge on any atom is -0.398 e. The van der Waals surface area contributed by atoms with Crippen molar-refractivity contribution in [1.82, 2.24) is 0 Å². The number of amides is 2. The maximum absolute atomic E-state index is 12.7. The zero-order chi connectivity index (χ0) is 17.3. The van der Waals surface area contributed by atoms with Crippen molar-refractivity contribution >= 4 is 35.0 Å². The lowest BCUT2D eigenvalue weighted by Crippen LogP contribution is -2.31. The summed E-state index contributed by atoms with van der Waals surface area (Å²) in [4.78, 5) is 27.2. The normalized spacial score (nSPS) is 17.8. The molecule has 2 aromatic rings. The second-order valence-electron chi connectivity index (χ2n) is 6.16. The molecule has 0 bridgehead atoms. The zero-order valence-electron chi connectivity index (χ0n) is 13.7. The number of benzene rings is 2. The van der Waals surface area contributed by atoms with Crippen LogP contribution < -0.4 is 10.6 Å². The average Bonchev–Trinajstić information content (AvgIpc) is 2.84. The average molecular weight is 340 g/mol. The summed E-state index contributed by atoms with van der Waals surface area (Å²) in [7, 11) is 0. The first kappa shape index (κ1) is 16.6. The van der Waals surface area contributed by atoms with Gasteiger partial charge in [0.25, 0.3) is 0 Å². The van der Waals surface area contributed by atoms with E-state index in [1.807, 2.05) is 42.5 Å². The molecule has 0 radical (unpaired) electrons. The van der Waals surface area contributed by atoms with Crippen molar-refractivity contribution in [2.45, 2.75) is 36.3 Å². The first-order valence-corrected chi connectivity index (χ1v) is 8.83. The Kier molecular flexibility index (Phi) is 4.62. The lowest BCUT2D eigenvalue weighted by Gasteiger charge is -2.16. The number of carbonyl (C=O) groups excluding carboxylic acids is 2. The highest BCUT2D eigenvalue weighted by atomic mass is 32.2. The van der Waals surface area contributed by atoms with E-state index < -0.39 is 5.25 Å². The van der Waals surface area contributed by atoms with Gasteiger partial charge in [-0.3, -0.25) is 9.59 Å². The van der Waals surface area contributed by atoms with E-state index in [4.69, 9.17) is 5.73 Å². The third-order valence-corrected chi connectivity index (χ3v) is 5.39. The molecule has 0 aromatic heterocycles. The molecule has 0 unspecified atom stereocenters. The first-order chi connectivity index (χ1) is 11.5. The standard InChI is InChI=1S/C19H20N2O2S/c1-12(2)13-7-9-14(10-8-13)21-18(22)11-17(19(21)23)24-16-6-4-3-5-15(16)20/h3-10,12,17H,11,20H2,1-2H3/t17-/m1/s1. The lowest BCUT2D eigenvalue weighted by molar-refractivity contribution is -0.121. The van der Waals surface area contributed by atoms with E-state index >= 15 is 0 Å². The number of nitrogen functional groups attached to an aromatic ring is 1. The van der Waals surface area contributed by atoms with E-state index in [1.165, 1.54) is 22.2 Å². The minimum absolute atomic E-state index is 0.163. The maximum atomic E-state index is 12.7. The van der Waals surface area contributed by atoms with Crippen molar-refractivity contribution < 1.29 is 9.59 Å². The highest BCUT2D eigenvalue weighted by Crippen LogP contribution is 2.36. The van der Waals surface area contributed by atoms with Gasteiger partial charge < -0.3 is 5.73 Å². The SMILES string of the molecule is CC(C)c1ccc(N2C(=O)C[C@@H](Sc3ccccc3N)C2=O)cc1. The molecule has 3 rings (SSSR count). The molecule has 0 spiro atoms. The topological polar surface area (TPSA) is 63.4 Å². The molecular weight excluding hydrogens is 320 g/mol. The van der Waals surface area contributed by atoms with E-state index in [1.54, 1.807) is 6.07 Å². The summed E-state index contributed by atoms with van der Waals surface area (Å²) >= 11 is 1.36. The van der Waals surface area contributed by atoms with Crippen LogP contribution in [0.1, 0.15) is 31.7 Å². The summed E-state index contributed by atoms with van der Waals surface area (Å²) in [5, 5.41) is -0.424. The number of nitrogens with zero attached hydrogens (tertiary/aromatic N) is 1. The second kappa shape index (κ2) is 6.69.